The number of nitrogens with one attached hydrogen (secondary N) is 3. The normalized spacial score (nSPS) is 14.0. The molecular weight excluding hydrogens is 844 g/mol. The number of carbonyl (C=O) groups is 1. The zero-order chi connectivity index (χ0) is 40.9. The number of nitrogens with zero attached hydrogens (tertiary/aromatic N) is 5. The Morgan fingerprint density at radius 1 is 0.772 bits per heavy atom. The maximum Gasteiger partial charge on any atom is 0.412 e. The number of hydrogen-bond acceptors (Lipinski definition) is 17. The van der Waals surface area contributed by atoms with Gasteiger partial charge in [-0.1, -0.05) is 23.8 Å². The van der Waals surface area contributed by atoms with Crippen LogP contribution in [-0.4, -0.2) is 65.8 Å². The molecule has 7 rings (SSSR count). The Hall–Kier alpha value is -5.72. The molecular formula is C34H25ClN8O10S4. The Kier molecular flexibility index (Phi) is 10.4. The van der Waals surface area contributed by atoms with Gasteiger partial charge >= 0.3 is 20.5 Å². The van der Waals surface area contributed by atoms with Crippen LogP contribution in [0.15, 0.2) is 93.8 Å². The number of carbonyl (C=O) groups excluding carboxylic acids is 1. The number of hydrogen-bond donors (Lipinski definition) is 5. The molecule has 0 bridgehead atoms. The number of ketones is 1. The van der Waals surface area contributed by atoms with Crippen LogP contribution in [0, 0.1) is 13.8 Å². The third kappa shape index (κ3) is 8.97. The van der Waals surface area contributed by atoms with E-state index in [-0.39, 0.29) is 28.6 Å². The van der Waals surface area contributed by atoms with Gasteiger partial charge in [0.2, 0.25) is 23.0 Å². The van der Waals surface area contributed by atoms with Crippen molar-refractivity contribution < 1.29 is 42.8 Å². The second-order valence-corrected chi connectivity index (χ2v) is 17.7. The number of allylic oxidation sites excluding steroid dienone is 1. The van der Waals surface area contributed by atoms with Crippen molar-refractivity contribution in [2.75, 3.05) is 16.1 Å². The predicted octanol–water partition coefficient (Wildman–Crippen LogP) is 6.31. The molecule has 0 fully saturated rings. The highest BCUT2D eigenvalue weighted by atomic mass is 35.5. The summed E-state index contributed by atoms with van der Waals surface area (Å²) in [4.78, 5) is 29.2. The van der Waals surface area contributed by atoms with Crippen molar-refractivity contribution in [1.82, 2.24) is 19.9 Å². The minimum absolute atomic E-state index is 0.0907. The summed E-state index contributed by atoms with van der Waals surface area (Å²) >= 11 is 7.77. The Bertz CT molecular complexity index is 3030. The number of hydrazone groups is 1. The molecule has 0 saturated carbocycles. The predicted molar refractivity (Wildman–Crippen MR) is 214 cm³/mol. The maximum absolute atomic E-state index is 14.2. The second-order valence-electron chi connectivity index (χ2n) is 12.2. The van der Waals surface area contributed by atoms with Gasteiger partial charge in [-0.05, 0) is 103 Å². The van der Waals surface area contributed by atoms with Crippen LogP contribution in [-0.2, 0) is 34.3 Å². The number of aromatic nitrogens is 4. The molecule has 4 aromatic carbocycles. The van der Waals surface area contributed by atoms with Gasteiger partial charge in [-0.3, -0.25) is 19.3 Å². The first-order valence-corrected chi connectivity index (χ1v) is 21.4. The van der Waals surface area contributed by atoms with Crippen LogP contribution in [0.5, 0.6) is 0 Å². The molecule has 0 saturated heterocycles. The fraction of sp³-hybridized carbons (Fsp3) is 0.0588. The van der Waals surface area contributed by atoms with Crippen LogP contribution >= 0.6 is 22.9 Å². The number of rotatable bonds is 11. The lowest BCUT2D eigenvalue weighted by Gasteiger charge is -2.21. The van der Waals surface area contributed by atoms with Crippen molar-refractivity contribution in [2.45, 2.75) is 18.7 Å². The molecule has 0 spiro atoms. The third-order valence-corrected chi connectivity index (χ3v) is 12.3. The topological polar surface area (TPSA) is 269 Å². The molecule has 18 nitrogen and oxygen atoms in total. The van der Waals surface area contributed by atoms with E-state index < -0.39 is 63.1 Å². The van der Waals surface area contributed by atoms with E-state index in [4.69, 9.17) is 16.6 Å². The summed E-state index contributed by atoms with van der Waals surface area (Å²) in [7, 11) is -16.2. The molecule has 0 amide bonds. The van der Waals surface area contributed by atoms with Gasteiger partial charge in [0.25, 0.3) is 10.1 Å². The largest absolute Gasteiger partial charge is 0.412 e. The van der Waals surface area contributed by atoms with Crippen LogP contribution in [0.1, 0.15) is 27.0 Å². The lowest BCUT2D eigenvalue weighted by Crippen LogP contribution is -2.30. The Balaban J connectivity index is 1.26. The summed E-state index contributed by atoms with van der Waals surface area (Å²) in [6.45, 7) is 3.81. The molecule has 2 heterocycles. The van der Waals surface area contributed by atoms with Gasteiger partial charge in [0.15, 0.2) is 5.71 Å². The first-order valence-electron chi connectivity index (χ1n) is 16.0. The quantitative estimate of drug-likeness (QED) is 0.0705. The highest BCUT2D eigenvalue weighted by Crippen LogP contribution is 2.36. The van der Waals surface area contributed by atoms with Crippen molar-refractivity contribution in [3.63, 3.8) is 0 Å². The molecule has 23 heteroatoms. The lowest BCUT2D eigenvalue weighted by molar-refractivity contribution is 0.106. The monoisotopic (exact) mass is 868 g/mol. The summed E-state index contributed by atoms with van der Waals surface area (Å²) in [5.74, 6) is -1.64. The highest BCUT2D eigenvalue weighted by Gasteiger charge is 2.39. The van der Waals surface area contributed by atoms with Crippen molar-refractivity contribution >= 4 is 110 Å². The molecule has 1 aliphatic rings. The minimum Gasteiger partial charge on any atom is -0.324 e. The fourth-order valence-corrected chi connectivity index (χ4v) is 9.07. The Labute approximate surface area is 333 Å². The number of Topliss-reactive ketones (excluding diaryl/α,β-unsaturated/α-hetero) is 1. The molecule has 292 valence electrons. The van der Waals surface area contributed by atoms with Crippen molar-refractivity contribution in [1.29, 1.82) is 0 Å². The summed E-state index contributed by atoms with van der Waals surface area (Å²) < 4.78 is 98.1. The van der Waals surface area contributed by atoms with E-state index in [0.717, 1.165) is 44.0 Å². The zero-order valence-electron chi connectivity index (χ0n) is 29.0. The van der Waals surface area contributed by atoms with E-state index in [1.54, 1.807) is 54.7 Å². The van der Waals surface area contributed by atoms with Gasteiger partial charge in [-0.15, -0.1) is 15.0 Å². The van der Waals surface area contributed by atoms with E-state index in [9.17, 15) is 39.2 Å². The Morgan fingerprint density at radius 2 is 1.42 bits per heavy atom. The van der Waals surface area contributed by atoms with Gasteiger partial charge in [0, 0.05) is 11.3 Å². The fourth-order valence-electron chi connectivity index (χ4n) is 5.45. The summed E-state index contributed by atoms with van der Waals surface area (Å²) in [5, 5.41) is 10.0. The van der Waals surface area contributed by atoms with Crippen molar-refractivity contribution in [3.8, 4) is 10.6 Å². The van der Waals surface area contributed by atoms with Crippen molar-refractivity contribution in [3.05, 3.63) is 111 Å². The van der Waals surface area contributed by atoms with Crippen LogP contribution in [0.4, 0.5) is 29.0 Å². The molecule has 0 atom stereocenters. The molecule has 0 unspecified atom stereocenters. The molecule has 1 aliphatic carbocycles. The average Bonchev–Trinajstić information content (AvgIpc) is 3.53. The average molecular weight is 869 g/mol. The van der Waals surface area contributed by atoms with E-state index >= 15 is 0 Å². The standard InChI is InChI=1S/C34H25ClN8O10S4/c1-17-3-8-22(9-4-17)42-43-29-27(56(48,49)53-57(50,51)52)15-20-14-23(55(45,46)47)16-25(28(20)30(29)44)38-34-40-32(35)39-33(41-34)36-21-10-6-19(7-11-21)31-37-24-12-5-18(2)13-26(24)54-31/h3-16,42H,1-2H3,(H,45,46,47)(H,50,51,52)(H2,36,38,39,40,41)/b43-29-. The summed E-state index contributed by atoms with van der Waals surface area (Å²) in [6.07, 6.45) is 0.666. The van der Waals surface area contributed by atoms with E-state index in [2.05, 4.69) is 45.8 Å². The third-order valence-electron chi connectivity index (χ3n) is 7.98. The number of thiazole rings is 1. The van der Waals surface area contributed by atoms with Gasteiger partial charge in [-0.2, -0.15) is 45.3 Å². The Morgan fingerprint density at radius 3 is 2.09 bits per heavy atom. The number of aryl methyl sites for hydroxylation is 2. The molecule has 2 aromatic heterocycles. The second kappa shape index (κ2) is 15.0. The van der Waals surface area contributed by atoms with Crippen LogP contribution in [0.25, 0.3) is 26.9 Å². The van der Waals surface area contributed by atoms with Crippen LogP contribution in [0.2, 0.25) is 5.28 Å². The van der Waals surface area contributed by atoms with Crippen LogP contribution < -0.4 is 16.1 Å². The molecule has 0 radical (unpaired) electrons. The number of benzene rings is 4. The van der Waals surface area contributed by atoms with Gasteiger partial charge in [0.1, 0.15) is 9.91 Å². The molecule has 6 aromatic rings. The highest BCUT2D eigenvalue weighted by molar-refractivity contribution is 8.00. The van der Waals surface area contributed by atoms with Gasteiger partial charge < -0.3 is 10.6 Å². The van der Waals surface area contributed by atoms with Gasteiger partial charge in [0.05, 0.1) is 32.1 Å². The number of fused-ring (bicyclic) bond motifs is 2. The van der Waals surface area contributed by atoms with E-state index in [1.165, 1.54) is 0 Å². The maximum atomic E-state index is 14.2. The molecule has 57 heavy (non-hydrogen) atoms. The lowest BCUT2D eigenvalue weighted by atomic mass is 9.93. The zero-order valence-corrected chi connectivity index (χ0v) is 33.0. The van der Waals surface area contributed by atoms with E-state index in [0.29, 0.717) is 11.8 Å². The smallest absolute Gasteiger partial charge is 0.324 e. The number of anilines is 5. The first kappa shape index (κ1) is 39.5. The molecule has 5 N–H and O–H groups in total. The minimum atomic E-state index is -5.66. The van der Waals surface area contributed by atoms with E-state index in [1.807, 2.05) is 31.2 Å². The van der Waals surface area contributed by atoms with Crippen LogP contribution in [0.3, 0.4) is 0 Å². The summed E-state index contributed by atoms with van der Waals surface area (Å²) in [5.41, 5.74) is 4.81. The number of halogens is 1. The van der Waals surface area contributed by atoms with Crippen molar-refractivity contribution in [2.24, 2.45) is 5.10 Å². The van der Waals surface area contributed by atoms with Gasteiger partial charge in [-0.25, -0.2) is 4.98 Å². The summed E-state index contributed by atoms with van der Waals surface area (Å²) in [6, 6.07) is 21.2. The molecule has 0 aliphatic heterocycles. The SMILES string of the molecule is Cc1ccc(N/N=C2\C(=O)c3c(cc(S(=O)(=O)O)cc3Nc3nc(Cl)nc(Nc4ccc(-c5nc6ccc(C)cc6s5)cc4)n3)C=C2S(=O)(=O)OS(=O)(=O)O)cc1. The first-order chi connectivity index (χ1) is 26.8.